The van der Waals surface area contributed by atoms with Gasteiger partial charge >= 0.3 is 8.56 Å². The van der Waals surface area contributed by atoms with Gasteiger partial charge in [0.05, 0.1) is 0 Å². The summed E-state index contributed by atoms with van der Waals surface area (Å²) in [5.74, 6) is -0.334. The molecule has 0 heterocycles. The SMILES string of the molecule is CCCCCCCCCCCCCCCCCC(=O)O[Si](C)(CCCC)OC(=O)CCCCCCCCCCCCCCCCC. The molecule has 0 aliphatic carbocycles. The van der Waals surface area contributed by atoms with Gasteiger partial charge in [-0.25, -0.2) is 0 Å². The van der Waals surface area contributed by atoms with E-state index >= 15 is 0 Å². The molecule has 0 aliphatic heterocycles. The van der Waals surface area contributed by atoms with Gasteiger partial charge in [-0.3, -0.25) is 9.59 Å². The summed E-state index contributed by atoms with van der Waals surface area (Å²) in [6.45, 7) is 8.60. The molecule has 0 rings (SSSR count). The number of carbonyl (C=O) groups excluding carboxylic acids is 2. The number of hydrogen-bond donors (Lipinski definition) is 0. The van der Waals surface area contributed by atoms with Crippen molar-refractivity contribution in [2.75, 3.05) is 0 Å². The minimum Gasteiger partial charge on any atom is -0.485 e. The van der Waals surface area contributed by atoms with Gasteiger partial charge in [0.2, 0.25) is 0 Å². The third kappa shape index (κ3) is 33.1. The molecule has 0 fully saturated rings. The zero-order chi connectivity index (χ0) is 33.8. The van der Waals surface area contributed by atoms with Crippen LogP contribution in [0.2, 0.25) is 12.6 Å². The Bertz CT molecular complexity index is 604. The monoisotopic (exact) mass is 667 g/mol. The van der Waals surface area contributed by atoms with Gasteiger partial charge in [-0.05, 0) is 19.3 Å². The molecule has 0 spiro atoms. The van der Waals surface area contributed by atoms with E-state index in [0.29, 0.717) is 18.9 Å². The quantitative estimate of drug-likeness (QED) is 0.0489. The molecule has 0 saturated carbocycles. The summed E-state index contributed by atoms with van der Waals surface area (Å²) in [5, 5.41) is 0. The van der Waals surface area contributed by atoms with Gasteiger partial charge in [-0.2, -0.15) is 0 Å². The minimum atomic E-state index is -2.81. The summed E-state index contributed by atoms with van der Waals surface area (Å²) < 4.78 is 11.8. The average molecular weight is 667 g/mol. The molecule has 0 atom stereocenters. The highest BCUT2D eigenvalue weighted by molar-refractivity contribution is 6.69. The van der Waals surface area contributed by atoms with E-state index in [1.54, 1.807) is 0 Å². The second kappa shape index (κ2) is 35.5. The van der Waals surface area contributed by atoms with Crippen LogP contribution in [-0.2, 0) is 18.4 Å². The van der Waals surface area contributed by atoms with E-state index in [0.717, 1.165) is 38.5 Å². The lowest BCUT2D eigenvalue weighted by molar-refractivity contribution is -0.141. The van der Waals surface area contributed by atoms with Crippen LogP contribution >= 0.6 is 0 Å². The van der Waals surface area contributed by atoms with Gasteiger partial charge in [0.1, 0.15) is 0 Å². The topological polar surface area (TPSA) is 52.6 Å². The van der Waals surface area contributed by atoms with Crippen LogP contribution < -0.4 is 0 Å². The van der Waals surface area contributed by atoms with Gasteiger partial charge < -0.3 is 8.85 Å². The Kier molecular flexibility index (Phi) is 34.8. The van der Waals surface area contributed by atoms with Crippen molar-refractivity contribution in [1.29, 1.82) is 0 Å². The lowest BCUT2D eigenvalue weighted by atomic mass is 10.0. The molecule has 0 bridgehead atoms. The van der Waals surface area contributed by atoms with E-state index in [9.17, 15) is 9.59 Å². The van der Waals surface area contributed by atoms with Crippen LogP contribution in [0.15, 0.2) is 0 Å². The Hall–Kier alpha value is -0.843. The van der Waals surface area contributed by atoms with Crippen molar-refractivity contribution in [2.45, 2.75) is 252 Å². The van der Waals surface area contributed by atoms with Crippen LogP contribution in [0, 0.1) is 0 Å². The maximum Gasteiger partial charge on any atom is 0.461 e. The molecule has 0 aromatic heterocycles. The first kappa shape index (κ1) is 45.2. The molecular weight excluding hydrogens is 585 g/mol. The fourth-order valence-electron chi connectivity index (χ4n) is 6.49. The van der Waals surface area contributed by atoms with E-state index in [2.05, 4.69) is 20.8 Å². The van der Waals surface area contributed by atoms with Crippen molar-refractivity contribution in [1.82, 2.24) is 0 Å². The molecule has 0 aliphatic rings. The van der Waals surface area contributed by atoms with Crippen LogP contribution in [0.25, 0.3) is 0 Å². The van der Waals surface area contributed by atoms with Crippen LogP contribution in [0.3, 0.4) is 0 Å². The Morgan fingerprint density at radius 1 is 0.348 bits per heavy atom. The van der Waals surface area contributed by atoms with E-state index in [1.165, 1.54) is 167 Å². The summed E-state index contributed by atoms with van der Waals surface area (Å²) in [7, 11) is -2.81. The fraction of sp³-hybridized carbons (Fsp3) is 0.951. The first-order valence-corrected chi connectivity index (χ1v) is 23.4. The van der Waals surface area contributed by atoms with Crippen LogP contribution in [0.5, 0.6) is 0 Å². The number of unbranched alkanes of at least 4 members (excludes halogenated alkanes) is 29. The summed E-state index contributed by atoms with van der Waals surface area (Å²) in [6, 6.07) is 0.707. The second-order valence-corrected chi connectivity index (χ2v) is 17.8. The van der Waals surface area contributed by atoms with Crippen molar-refractivity contribution in [3.8, 4) is 0 Å². The molecule has 0 amide bonds. The molecular formula is C41H82O4Si. The second-order valence-electron chi connectivity index (χ2n) is 14.6. The summed E-state index contributed by atoms with van der Waals surface area (Å²) in [4.78, 5) is 25.3. The van der Waals surface area contributed by atoms with Gasteiger partial charge in [-0.1, -0.05) is 207 Å². The van der Waals surface area contributed by atoms with Crippen LogP contribution in [0.1, 0.15) is 239 Å². The predicted molar refractivity (Wildman–Crippen MR) is 203 cm³/mol. The van der Waals surface area contributed by atoms with Gasteiger partial charge in [0.15, 0.2) is 0 Å². The summed E-state index contributed by atoms with van der Waals surface area (Å²) in [6.07, 6.45) is 42.2. The fourth-order valence-corrected chi connectivity index (χ4v) is 8.89. The van der Waals surface area contributed by atoms with Gasteiger partial charge in [0, 0.05) is 25.4 Å². The van der Waals surface area contributed by atoms with E-state index in [1.807, 2.05) is 6.55 Å². The molecule has 5 heteroatoms. The molecule has 0 aromatic carbocycles. The zero-order valence-corrected chi connectivity index (χ0v) is 32.9. The van der Waals surface area contributed by atoms with Gasteiger partial charge in [0.25, 0.3) is 11.9 Å². The standard InChI is InChI=1S/C41H82O4Si/c1-5-8-11-13-15-17-19-21-23-25-27-29-31-33-35-37-40(42)44-46(4,39-10-7-3)45-41(43)38-36-34-32-30-28-26-24-22-20-18-16-14-12-9-6-2/h5-39H2,1-4H3. The van der Waals surface area contributed by atoms with Crippen molar-refractivity contribution >= 4 is 20.5 Å². The van der Waals surface area contributed by atoms with E-state index < -0.39 is 8.56 Å². The first-order valence-electron chi connectivity index (χ1n) is 20.9. The maximum absolute atomic E-state index is 12.7. The lowest BCUT2D eigenvalue weighted by Crippen LogP contribution is -2.42. The predicted octanol–water partition coefficient (Wildman–Crippen LogP) is 14.5. The van der Waals surface area contributed by atoms with Gasteiger partial charge in [-0.15, -0.1) is 0 Å². The van der Waals surface area contributed by atoms with E-state index in [4.69, 9.17) is 8.85 Å². The molecule has 0 N–H and O–H groups in total. The molecule has 0 aromatic rings. The van der Waals surface area contributed by atoms with Crippen molar-refractivity contribution in [3.63, 3.8) is 0 Å². The molecule has 0 radical (unpaired) electrons. The molecule has 46 heavy (non-hydrogen) atoms. The third-order valence-electron chi connectivity index (χ3n) is 9.61. The summed E-state index contributed by atoms with van der Waals surface area (Å²) in [5.41, 5.74) is 0. The van der Waals surface area contributed by atoms with Crippen molar-refractivity contribution in [2.24, 2.45) is 0 Å². The largest absolute Gasteiger partial charge is 0.485 e. The third-order valence-corrected chi connectivity index (χ3v) is 12.2. The molecule has 4 nitrogen and oxygen atoms in total. The minimum absolute atomic E-state index is 0.167. The van der Waals surface area contributed by atoms with Crippen LogP contribution in [0.4, 0.5) is 0 Å². The summed E-state index contributed by atoms with van der Waals surface area (Å²) >= 11 is 0. The number of hydrogen-bond acceptors (Lipinski definition) is 4. The molecule has 274 valence electrons. The Morgan fingerprint density at radius 3 is 0.804 bits per heavy atom. The normalized spacial score (nSPS) is 11.7. The Labute approximate surface area is 290 Å². The first-order chi connectivity index (χ1) is 22.5. The zero-order valence-electron chi connectivity index (χ0n) is 31.9. The maximum atomic E-state index is 12.7. The highest BCUT2D eigenvalue weighted by atomic mass is 28.4. The molecule has 0 unspecified atom stereocenters. The van der Waals surface area contributed by atoms with E-state index in [-0.39, 0.29) is 11.9 Å². The van der Waals surface area contributed by atoms with Crippen molar-refractivity contribution in [3.05, 3.63) is 0 Å². The number of rotatable bonds is 37. The van der Waals surface area contributed by atoms with Crippen molar-refractivity contribution < 1.29 is 18.4 Å². The number of carbonyl (C=O) groups is 2. The Morgan fingerprint density at radius 2 is 0.565 bits per heavy atom. The average Bonchev–Trinajstić information content (AvgIpc) is 3.03. The highest BCUT2D eigenvalue weighted by Crippen LogP contribution is 2.21. The van der Waals surface area contributed by atoms with Crippen LogP contribution in [-0.4, -0.2) is 20.5 Å². The Balaban J connectivity index is 3.84. The molecule has 0 saturated heterocycles. The lowest BCUT2D eigenvalue weighted by Gasteiger charge is -2.26. The smallest absolute Gasteiger partial charge is 0.461 e. The highest BCUT2D eigenvalue weighted by Gasteiger charge is 2.38.